The number of amidine groups is 1. The number of anilines is 1. The number of non-ortho nitro benzene ring substituents is 1. The Morgan fingerprint density at radius 2 is 2.03 bits per heavy atom. The third kappa shape index (κ3) is 5.11. The molecule has 0 spiro atoms. The molecule has 2 aromatic rings. The van der Waals surface area contributed by atoms with Gasteiger partial charge in [0.25, 0.3) is 5.69 Å². The van der Waals surface area contributed by atoms with Gasteiger partial charge in [-0.25, -0.2) is 4.99 Å². The number of hydrogen-bond donors (Lipinski definition) is 2. The Morgan fingerprint density at radius 3 is 2.69 bits per heavy atom. The predicted octanol–water partition coefficient (Wildman–Crippen LogP) is 3.16. The fourth-order valence-electron chi connectivity index (χ4n) is 2.61. The molecule has 0 saturated carbocycles. The average molecular weight is 414 g/mol. The number of ether oxygens (including phenoxy) is 1. The summed E-state index contributed by atoms with van der Waals surface area (Å²) in [5.41, 5.74) is 1.79. The van der Waals surface area contributed by atoms with Crippen LogP contribution in [0.3, 0.4) is 0 Å². The highest BCUT2D eigenvalue weighted by atomic mass is 32.2. The van der Waals surface area contributed by atoms with Crippen molar-refractivity contribution >= 4 is 45.8 Å². The quantitative estimate of drug-likeness (QED) is 0.553. The van der Waals surface area contributed by atoms with E-state index in [9.17, 15) is 19.7 Å². The highest BCUT2D eigenvalue weighted by molar-refractivity contribution is 8.15. The Labute approximate surface area is 170 Å². The average Bonchev–Trinajstić information content (AvgIpc) is 3.02. The number of carbonyl (C=O) groups is 2. The molecule has 9 nitrogen and oxygen atoms in total. The Bertz CT molecular complexity index is 991. The zero-order valence-electron chi connectivity index (χ0n) is 15.7. The Hall–Kier alpha value is -3.40. The maximum absolute atomic E-state index is 12.4. The number of nitro benzene ring substituents is 1. The van der Waals surface area contributed by atoms with E-state index >= 15 is 0 Å². The summed E-state index contributed by atoms with van der Waals surface area (Å²) in [5.74, 6) is -0.496. The normalized spacial score (nSPS) is 17.1. The van der Waals surface area contributed by atoms with Gasteiger partial charge in [-0.1, -0.05) is 29.5 Å². The number of nitrogens with zero attached hydrogens (tertiary/aromatic N) is 2. The van der Waals surface area contributed by atoms with Crippen LogP contribution in [-0.4, -0.2) is 34.3 Å². The van der Waals surface area contributed by atoms with Gasteiger partial charge in [0.05, 0.1) is 23.4 Å². The first-order valence-electron chi connectivity index (χ1n) is 8.61. The number of hydrogen-bond acceptors (Lipinski definition) is 7. The van der Waals surface area contributed by atoms with Crippen LogP contribution >= 0.6 is 11.8 Å². The van der Waals surface area contributed by atoms with Gasteiger partial charge in [-0.05, 0) is 25.1 Å². The van der Waals surface area contributed by atoms with Crippen LogP contribution in [0.15, 0.2) is 47.5 Å². The number of nitro groups is 1. The van der Waals surface area contributed by atoms with Gasteiger partial charge < -0.3 is 15.4 Å². The lowest BCUT2D eigenvalue weighted by atomic mass is 10.2. The van der Waals surface area contributed by atoms with Gasteiger partial charge in [-0.3, -0.25) is 19.7 Å². The van der Waals surface area contributed by atoms with E-state index in [0.29, 0.717) is 10.9 Å². The molecule has 1 aliphatic rings. The molecule has 1 heterocycles. The molecule has 0 aliphatic carbocycles. The van der Waals surface area contributed by atoms with Crippen LogP contribution in [0.2, 0.25) is 0 Å². The molecule has 10 heteroatoms. The van der Waals surface area contributed by atoms with Gasteiger partial charge in [0.15, 0.2) is 5.17 Å². The van der Waals surface area contributed by atoms with Crippen molar-refractivity contribution < 1.29 is 19.2 Å². The number of methoxy groups -OCH3 is 1. The van der Waals surface area contributed by atoms with E-state index in [0.717, 1.165) is 17.3 Å². The molecule has 2 amide bonds. The molecular formula is C19H18N4O5S. The van der Waals surface area contributed by atoms with Crippen LogP contribution in [0.4, 0.5) is 17.1 Å². The number of rotatable bonds is 6. The minimum absolute atomic E-state index is 0.116. The number of aryl methyl sites for hydroxylation is 1. The fraction of sp³-hybridized carbons (Fsp3) is 0.211. The van der Waals surface area contributed by atoms with Crippen molar-refractivity contribution in [3.63, 3.8) is 0 Å². The van der Waals surface area contributed by atoms with Crippen LogP contribution in [-0.2, 0) is 9.59 Å². The largest absolute Gasteiger partial charge is 0.495 e. The molecule has 2 N–H and O–H groups in total. The molecule has 1 fully saturated rings. The zero-order chi connectivity index (χ0) is 21.0. The minimum atomic E-state index is -0.649. The summed E-state index contributed by atoms with van der Waals surface area (Å²) in [5, 5.41) is 16.0. The Balaban J connectivity index is 1.67. The minimum Gasteiger partial charge on any atom is -0.495 e. The number of carbonyl (C=O) groups excluding carboxylic acids is 2. The SMILES string of the molecule is COc1ccc([N+](=O)[O-])cc1NC(=O)CC1SC(=Nc2ccc(C)cc2)NC1=O. The number of thioether (sulfide) groups is 1. The second kappa shape index (κ2) is 8.74. The van der Waals surface area contributed by atoms with Crippen LogP contribution in [0, 0.1) is 17.0 Å². The lowest BCUT2D eigenvalue weighted by Crippen LogP contribution is -2.28. The molecule has 1 saturated heterocycles. The van der Waals surface area contributed by atoms with Crippen LogP contribution in [0.5, 0.6) is 5.75 Å². The van der Waals surface area contributed by atoms with Crippen LogP contribution in [0.1, 0.15) is 12.0 Å². The molecule has 0 bridgehead atoms. The second-order valence-electron chi connectivity index (χ2n) is 6.24. The number of aliphatic imine (C=N–C) groups is 1. The van der Waals surface area contributed by atoms with E-state index in [1.54, 1.807) is 0 Å². The summed E-state index contributed by atoms with van der Waals surface area (Å²) in [6.45, 7) is 1.97. The molecule has 0 radical (unpaired) electrons. The molecule has 3 rings (SSSR count). The molecular weight excluding hydrogens is 396 g/mol. The van der Waals surface area contributed by atoms with Gasteiger partial charge in [0.2, 0.25) is 11.8 Å². The van der Waals surface area contributed by atoms with Crippen molar-refractivity contribution in [3.8, 4) is 5.75 Å². The van der Waals surface area contributed by atoms with Crippen LogP contribution < -0.4 is 15.4 Å². The number of nitrogens with one attached hydrogen (secondary N) is 2. The Kier molecular flexibility index (Phi) is 6.13. The summed E-state index contributed by atoms with van der Waals surface area (Å²) in [6, 6.07) is 11.4. The zero-order valence-corrected chi connectivity index (χ0v) is 16.5. The summed E-state index contributed by atoms with van der Waals surface area (Å²) >= 11 is 1.16. The first-order chi connectivity index (χ1) is 13.9. The lowest BCUT2D eigenvalue weighted by Gasteiger charge is -2.11. The van der Waals surface area contributed by atoms with Gasteiger partial charge in [-0.2, -0.15) is 0 Å². The smallest absolute Gasteiger partial charge is 0.271 e. The molecule has 29 heavy (non-hydrogen) atoms. The summed E-state index contributed by atoms with van der Waals surface area (Å²) in [6.07, 6.45) is -0.116. The van der Waals surface area contributed by atoms with Crippen molar-refractivity contribution in [2.75, 3.05) is 12.4 Å². The Morgan fingerprint density at radius 1 is 1.31 bits per heavy atom. The van der Waals surface area contributed by atoms with Gasteiger partial charge in [0, 0.05) is 18.6 Å². The first kappa shape index (κ1) is 20.3. The number of benzene rings is 2. The van der Waals surface area contributed by atoms with Crippen molar-refractivity contribution in [1.29, 1.82) is 0 Å². The first-order valence-corrected chi connectivity index (χ1v) is 9.49. The number of amides is 2. The standard InChI is InChI=1S/C19H18N4O5S/c1-11-3-5-12(6-4-11)20-19-22-18(25)16(29-19)10-17(24)21-14-9-13(23(26)27)7-8-15(14)28-2/h3-9,16H,10H2,1-2H3,(H,21,24)(H,20,22,25). The summed E-state index contributed by atoms with van der Waals surface area (Å²) in [7, 11) is 1.39. The van der Waals surface area contributed by atoms with E-state index in [-0.39, 0.29) is 29.5 Å². The molecule has 150 valence electrons. The molecule has 1 unspecified atom stereocenters. The van der Waals surface area contributed by atoms with E-state index in [1.165, 1.54) is 25.3 Å². The van der Waals surface area contributed by atoms with Crippen LogP contribution in [0.25, 0.3) is 0 Å². The van der Waals surface area contributed by atoms with Gasteiger partial charge in [-0.15, -0.1) is 0 Å². The van der Waals surface area contributed by atoms with Crippen molar-refractivity contribution in [1.82, 2.24) is 5.32 Å². The maximum Gasteiger partial charge on any atom is 0.271 e. The van der Waals surface area contributed by atoms with Crippen molar-refractivity contribution in [3.05, 3.63) is 58.1 Å². The fourth-order valence-corrected chi connectivity index (χ4v) is 3.59. The third-order valence-electron chi connectivity index (χ3n) is 4.08. The third-order valence-corrected chi connectivity index (χ3v) is 5.16. The highest BCUT2D eigenvalue weighted by Crippen LogP contribution is 2.30. The molecule has 2 aromatic carbocycles. The van der Waals surface area contributed by atoms with Gasteiger partial charge in [0.1, 0.15) is 11.0 Å². The van der Waals surface area contributed by atoms with E-state index in [2.05, 4.69) is 15.6 Å². The highest BCUT2D eigenvalue weighted by Gasteiger charge is 2.32. The van der Waals surface area contributed by atoms with Crippen molar-refractivity contribution in [2.45, 2.75) is 18.6 Å². The summed E-state index contributed by atoms with van der Waals surface area (Å²) in [4.78, 5) is 39.3. The molecule has 0 aromatic heterocycles. The second-order valence-corrected chi connectivity index (χ2v) is 7.43. The van der Waals surface area contributed by atoms with Gasteiger partial charge >= 0.3 is 0 Å². The van der Waals surface area contributed by atoms with E-state index in [4.69, 9.17) is 4.74 Å². The predicted molar refractivity (Wildman–Crippen MR) is 111 cm³/mol. The topological polar surface area (TPSA) is 123 Å². The van der Waals surface area contributed by atoms with E-state index < -0.39 is 16.1 Å². The molecule has 1 aliphatic heterocycles. The van der Waals surface area contributed by atoms with E-state index in [1.807, 2.05) is 31.2 Å². The maximum atomic E-state index is 12.4. The molecule has 1 atom stereocenters. The summed E-state index contributed by atoms with van der Waals surface area (Å²) < 4.78 is 5.12. The lowest BCUT2D eigenvalue weighted by molar-refractivity contribution is -0.384. The van der Waals surface area contributed by atoms with Crippen molar-refractivity contribution in [2.24, 2.45) is 4.99 Å². The monoisotopic (exact) mass is 414 g/mol.